The van der Waals surface area contributed by atoms with E-state index in [0.717, 1.165) is 18.3 Å². The summed E-state index contributed by atoms with van der Waals surface area (Å²) in [5.74, 6) is 1.91. The summed E-state index contributed by atoms with van der Waals surface area (Å²) in [7, 11) is 0. The van der Waals surface area contributed by atoms with Gasteiger partial charge in [-0.2, -0.15) is 0 Å². The van der Waals surface area contributed by atoms with Gasteiger partial charge in [0.05, 0.1) is 0 Å². The van der Waals surface area contributed by atoms with Crippen LogP contribution < -0.4 is 10.2 Å². The Morgan fingerprint density at radius 1 is 1.33 bits per heavy atom. The zero-order valence-electron chi connectivity index (χ0n) is 11.7. The Bertz CT molecular complexity index is 365. The molecule has 0 aromatic carbocycles. The molecule has 1 atom stereocenters. The van der Waals surface area contributed by atoms with Crippen molar-refractivity contribution in [2.45, 2.75) is 39.5 Å². The number of nitrogens with zero attached hydrogens (tertiary/aromatic N) is 2. The SMILES string of the molecule is CCNc1cc(N2CCCC(CC)CC2)ccn1. The molecule has 0 spiro atoms. The first kappa shape index (κ1) is 13.2. The molecule has 3 heteroatoms. The molecule has 1 fully saturated rings. The van der Waals surface area contributed by atoms with Crippen LogP contribution in [0.3, 0.4) is 0 Å². The fraction of sp³-hybridized carbons (Fsp3) is 0.667. The molecule has 1 saturated heterocycles. The van der Waals surface area contributed by atoms with Crippen LogP contribution in [0.15, 0.2) is 18.3 Å². The van der Waals surface area contributed by atoms with Gasteiger partial charge < -0.3 is 10.2 Å². The predicted octanol–water partition coefficient (Wildman–Crippen LogP) is 3.53. The van der Waals surface area contributed by atoms with Crippen molar-refractivity contribution in [3.8, 4) is 0 Å². The molecule has 1 aromatic heterocycles. The number of aromatic nitrogens is 1. The molecule has 2 heterocycles. The standard InChI is InChI=1S/C15H25N3/c1-3-13-6-5-10-18(11-8-13)14-7-9-17-15(12-14)16-4-2/h7,9,12-13H,3-6,8,10-11H2,1-2H3,(H,16,17). The highest BCUT2D eigenvalue weighted by Gasteiger charge is 2.16. The van der Waals surface area contributed by atoms with Gasteiger partial charge in [0.25, 0.3) is 0 Å². The van der Waals surface area contributed by atoms with Crippen LogP contribution in [0.1, 0.15) is 39.5 Å². The third-order valence-electron chi connectivity index (χ3n) is 3.89. The van der Waals surface area contributed by atoms with Crippen molar-refractivity contribution < 1.29 is 0 Å². The number of anilines is 2. The maximum Gasteiger partial charge on any atom is 0.127 e. The second-order valence-electron chi connectivity index (χ2n) is 5.12. The average Bonchev–Trinajstić information content (AvgIpc) is 2.65. The van der Waals surface area contributed by atoms with Crippen LogP contribution >= 0.6 is 0 Å². The van der Waals surface area contributed by atoms with Gasteiger partial charge in [-0.3, -0.25) is 0 Å². The summed E-state index contributed by atoms with van der Waals surface area (Å²) in [4.78, 5) is 6.85. The minimum absolute atomic E-state index is 0.921. The van der Waals surface area contributed by atoms with Gasteiger partial charge in [0.15, 0.2) is 0 Å². The molecule has 0 saturated carbocycles. The highest BCUT2D eigenvalue weighted by molar-refractivity contribution is 5.53. The Hall–Kier alpha value is -1.25. The van der Waals surface area contributed by atoms with Crippen molar-refractivity contribution >= 4 is 11.5 Å². The van der Waals surface area contributed by atoms with Crippen LogP contribution in [0.25, 0.3) is 0 Å². The van der Waals surface area contributed by atoms with Gasteiger partial charge in [0.1, 0.15) is 5.82 Å². The van der Waals surface area contributed by atoms with Gasteiger partial charge in [-0.25, -0.2) is 4.98 Å². The van der Waals surface area contributed by atoms with Crippen LogP contribution in [0.4, 0.5) is 11.5 Å². The molecular weight excluding hydrogens is 222 g/mol. The first-order valence-corrected chi connectivity index (χ1v) is 7.28. The van der Waals surface area contributed by atoms with Crippen molar-refractivity contribution in [3.63, 3.8) is 0 Å². The smallest absolute Gasteiger partial charge is 0.127 e. The van der Waals surface area contributed by atoms with Crippen LogP contribution in [0.2, 0.25) is 0 Å². The summed E-state index contributed by atoms with van der Waals surface area (Å²) >= 11 is 0. The number of nitrogens with one attached hydrogen (secondary N) is 1. The second kappa shape index (κ2) is 6.62. The van der Waals surface area contributed by atoms with Gasteiger partial charge in [0, 0.05) is 37.6 Å². The third-order valence-corrected chi connectivity index (χ3v) is 3.89. The van der Waals surface area contributed by atoms with E-state index in [9.17, 15) is 0 Å². The molecule has 2 rings (SSSR count). The number of rotatable bonds is 4. The summed E-state index contributed by atoms with van der Waals surface area (Å²) in [6.45, 7) is 7.72. The molecule has 0 bridgehead atoms. The van der Waals surface area contributed by atoms with Gasteiger partial charge >= 0.3 is 0 Å². The summed E-state index contributed by atoms with van der Waals surface area (Å²) in [6.07, 6.45) is 7.27. The van der Waals surface area contributed by atoms with E-state index in [2.05, 4.69) is 41.2 Å². The molecule has 3 nitrogen and oxygen atoms in total. The van der Waals surface area contributed by atoms with Crippen molar-refractivity contribution in [1.82, 2.24) is 4.98 Å². The highest BCUT2D eigenvalue weighted by Crippen LogP contribution is 2.25. The second-order valence-corrected chi connectivity index (χ2v) is 5.12. The fourth-order valence-electron chi connectivity index (χ4n) is 2.73. The van der Waals surface area contributed by atoms with Gasteiger partial charge in [-0.15, -0.1) is 0 Å². The Morgan fingerprint density at radius 3 is 3.00 bits per heavy atom. The Labute approximate surface area is 111 Å². The molecule has 1 N–H and O–H groups in total. The third kappa shape index (κ3) is 3.37. The zero-order chi connectivity index (χ0) is 12.8. The fourth-order valence-corrected chi connectivity index (χ4v) is 2.73. The monoisotopic (exact) mass is 247 g/mol. The van der Waals surface area contributed by atoms with Crippen molar-refractivity contribution in [3.05, 3.63) is 18.3 Å². The highest BCUT2D eigenvalue weighted by atomic mass is 15.1. The Balaban J connectivity index is 2.03. The summed E-state index contributed by atoms with van der Waals surface area (Å²) in [5, 5.41) is 3.28. The van der Waals surface area contributed by atoms with Crippen LogP contribution in [-0.4, -0.2) is 24.6 Å². The first-order valence-electron chi connectivity index (χ1n) is 7.28. The Morgan fingerprint density at radius 2 is 2.22 bits per heavy atom. The van der Waals surface area contributed by atoms with Crippen LogP contribution in [-0.2, 0) is 0 Å². The van der Waals surface area contributed by atoms with E-state index in [1.54, 1.807) is 0 Å². The van der Waals surface area contributed by atoms with Crippen molar-refractivity contribution in [2.75, 3.05) is 29.9 Å². The molecule has 1 aliphatic heterocycles. The normalized spacial score (nSPS) is 20.6. The minimum Gasteiger partial charge on any atom is -0.371 e. The lowest BCUT2D eigenvalue weighted by Crippen LogP contribution is -2.24. The maximum absolute atomic E-state index is 4.34. The predicted molar refractivity (Wildman–Crippen MR) is 78.2 cm³/mol. The van der Waals surface area contributed by atoms with E-state index < -0.39 is 0 Å². The van der Waals surface area contributed by atoms with E-state index in [1.165, 1.54) is 44.5 Å². The molecule has 100 valence electrons. The largest absolute Gasteiger partial charge is 0.371 e. The molecule has 1 aromatic rings. The minimum atomic E-state index is 0.921. The quantitative estimate of drug-likeness (QED) is 0.882. The van der Waals surface area contributed by atoms with E-state index >= 15 is 0 Å². The van der Waals surface area contributed by atoms with E-state index in [4.69, 9.17) is 0 Å². The van der Waals surface area contributed by atoms with Crippen LogP contribution in [0, 0.1) is 5.92 Å². The molecule has 0 radical (unpaired) electrons. The van der Waals surface area contributed by atoms with Crippen molar-refractivity contribution in [2.24, 2.45) is 5.92 Å². The lowest BCUT2D eigenvalue weighted by Gasteiger charge is -2.23. The lowest BCUT2D eigenvalue weighted by molar-refractivity contribution is 0.459. The summed E-state index contributed by atoms with van der Waals surface area (Å²) < 4.78 is 0. The maximum atomic E-state index is 4.34. The molecule has 1 aliphatic rings. The van der Waals surface area contributed by atoms with Gasteiger partial charge in [-0.05, 0) is 38.2 Å². The Kier molecular flexibility index (Phi) is 4.85. The van der Waals surface area contributed by atoms with Gasteiger partial charge in [-0.1, -0.05) is 13.3 Å². The van der Waals surface area contributed by atoms with E-state index in [0.29, 0.717) is 0 Å². The first-order chi connectivity index (χ1) is 8.83. The molecular formula is C15H25N3. The number of hydrogen-bond acceptors (Lipinski definition) is 3. The van der Waals surface area contributed by atoms with E-state index in [1.807, 2.05) is 6.20 Å². The number of pyridine rings is 1. The summed E-state index contributed by atoms with van der Waals surface area (Å²) in [5.41, 5.74) is 1.32. The van der Waals surface area contributed by atoms with E-state index in [-0.39, 0.29) is 0 Å². The molecule has 18 heavy (non-hydrogen) atoms. The average molecular weight is 247 g/mol. The van der Waals surface area contributed by atoms with Crippen molar-refractivity contribution in [1.29, 1.82) is 0 Å². The van der Waals surface area contributed by atoms with Gasteiger partial charge in [0.2, 0.25) is 0 Å². The molecule has 0 aliphatic carbocycles. The topological polar surface area (TPSA) is 28.2 Å². The summed E-state index contributed by atoms with van der Waals surface area (Å²) in [6, 6.07) is 4.31. The lowest BCUT2D eigenvalue weighted by atomic mass is 9.98. The molecule has 0 amide bonds. The zero-order valence-corrected chi connectivity index (χ0v) is 11.7. The number of hydrogen-bond donors (Lipinski definition) is 1. The molecule has 1 unspecified atom stereocenters. The van der Waals surface area contributed by atoms with Crippen LogP contribution in [0.5, 0.6) is 0 Å².